The highest BCUT2D eigenvalue weighted by molar-refractivity contribution is 5.77. The molecule has 0 saturated carbocycles. The molecule has 1 amide bonds. The summed E-state index contributed by atoms with van der Waals surface area (Å²) in [4.78, 5) is 12.2. The molecule has 0 radical (unpaired) electrons. The van der Waals surface area contributed by atoms with Gasteiger partial charge in [0.1, 0.15) is 17.8 Å². The minimum Gasteiger partial charge on any atom is -0.353 e. The minimum absolute atomic E-state index is 0.0512. The summed E-state index contributed by atoms with van der Waals surface area (Å²) >= 11 is 0. The van der Waals surface area contributed by atoms with Gasteiger partial charge >= 0.3 is 0 Å². The van der Waals surface area contributed by atoms with Crippen molar-refractivity contribution < 1.29 is 18.0 Å². The van der Waals surface area contributed by atoms with Gasteiger partial charge in [0, 0.05) is 19.4 Å². The van der Waals surface area contributed by atoms with E-state index >= 15 is 0 Å². The average molecular weight is 390 g/mol. The fraction of sp³-hybridized carbons (Fsp3) is 0.364. The lowest BCUT2D eigenvalue weighted by molar-refractivity contribution is -0.121. The van der Waals surface area contributed by atoms with Crippen LogP contribution < -0.4 is 5.32 Å². The predicted octanol–water partition coefficient (Wildman–Crippen LogP) is 5.43. The fourth-order valence-electron chi connectivity index (χ4n) is 2.56. The van der Waals surface area contributed by atoms with Crippen molar-refractivity contribution in [2.24, 2.45) is 0 Å². The number of rotatable bonds is 11. The second kappa shape index (κ2) is 12.6. The highest BCUT2D eigenvalue weighted by Crippen LogP contribution is 2.27. The van der Waals surface area contributed by atoms with Crippen LogP contribution in [0.4, 0.5) is 13.2 Å². The molecule has 6 heteroatoms. The first-order valence-corrected chi connectivity index (χ1v) is 9.06. The van der Waals surface area contributed by atoms with Crippen LogP contribution >= 0.6 is 0 Å². The van der Waals surface area contributed by atoms with Gasteiger partial charge in [0.2, 0.25) is 5.91 Å². The smallest absolute Gasteiger partial charge is 0.220 e. The molecular formula is C22H25F3N2O. The number of nitrogens with zero attached hydrogens (tertiary/aromatic N) is 1. The molecule has 0 aliphatic carbocycles. The summed E-state index contributed by atoms with van der Waals surface area (Å²) in [5, 5.41) is 11.0. The Kier molecular flexibility index (Phi) is 10.4. The Morgan fingerprint density at radius 1 is 1.29 bits per heavy atom. The van der Waals surface area contributed by atoms with Gasteiger partial charge in [-0.1, -0.05) is 36.4 Å². The van der Waals surface area contributed by atoms with Gasteiger partial charge in [-0.15, -0.1) is 0 Å². The van der Waals surface area contributed by atoms with Crippen molar-refractivity contribution in [3.05, 3.63) is 71.9 Å². The first-order chi connectivity index (χ1) is 13.3. The Labute approximate surface area is 164 Å². The SMILES string of the molecule is C=C(/C=C\C(F)=C/C)CC(CC(=O)NCC(F)CCC#N)c1ccc(F)cc1. The van der Waals surface area contributed by atoms with E-state index in [-0.39, 0.29) is 37.6 Å². The van der Waals surface area contributed by atoms with Gasteiger partial charge in [-0.3, -0.25) is 4.79 Å². The Hall–Kier alpha value is -2.81. The molecule has 1 aromatic rings. The molecule has 0 saturated heterocycles. The zero-order valence-electron chi connectivity index (χ0n) is 15.9. The zero-order chi connectivity index (χ0) is 20.9. The minimum atomic E-state index is -1.28. The highest BCUT2D eigenvalue weighted by atomic mass is 19.1. The first kappa shape index (κ1) is 23.2. The van der Waals surface area contributed by atoms with Gasteiger partial charge in [-0.05, 0) is 49.5 Å². The molecule has 0 fully saturated rings. The van der Waals surface area contributed by atoms with Gasteiger partial charge in [0.25, 0.3) is 0 Å². The van der Waals surface area contributed by atoms with Crippen LogP contribution in [0.1, 0.15) is 44.1 Å². The Morgan fingerprint density at radius 2 is 1.96 bits per heavy atom. The molecular weight excluding hydrogens is 365 g/mol. The summed E-state index contributed by atoms with van der Waals surface area (Å²) in [5.41, 5.74) is 1.34. The summed E-state index contributed by atoms with van der Waals surface area (Å²) < 4.78 is 40.1. The number of carbonyl (C=O) groups is 1. The number of hydrogen-bond acceptors (Lipinski definition) is 2. The number of allylic oxidation sites excluding steroid dienone is 5. The molecule has 150 valence electrons. The summed E-state index contributed by atoms with van der Waals surface area (Å²) in [5.74, 6) is -1.46. The van der Waals surface area contributed by atoms with Crippen LogP contribution in [0, 0.1) is 17.1 Å². The molecule has 0 bridgehead atoms. The van der Waals surface area contributed by atoms with E-state index < -0.39 is 17.8 Å². The van der Waals surface area contributed by atoms with Crippen LogP contribution in [0.5, 0.6) is 0 Å². The second-order valence-electron chi connectivity index (χ2n) is 6.42. The van der Waals surface area contributed by atoms with E-state index in [1.807, 2.05) is 6.07 Å². The number of hydrogen-bond donors (Lipinski definition) is 1. The van der Waals surface area contributed by atoms with E-state index in [2.05, 4.69) is 11.9 Å². The highest BCUT2D eigenvalue weighted by Gasteiger charge is 2.18. The molecule has 0 aliphatic heterocycles. The van der Waals surface area contributed by atoms with Gasteiger partial charge in [-0.2, -0.15) is 5.26 Å². The molecule has 0 spiro atoms. The normalized spacial score (nSPS) is 13.8. The Morgan fingerprint density at radius 3 is 2.57 bits per heavy atom. The summed E-state index contributed by atoms with van der Waals surface area (Å²) in [6.07, 6.45) is 3.41. The van der Waals surface area contributed by atoms with Crippen molar-refractivity contribution in [2.45, 2.75) is 44.7 Å². The summed E-state index contributed by atoms with van der Waals surface area (Å²) in [6, 6.07) is 7.64. The lowest BCUT2D eigenvalue weighted by Crippen LogP contribution is -2.31. The van der Waals surface area contributed by atoms with E-state index in [4.69, 9.17) is 5.26 Å². The van der Waals surface area contributed by atoms with E-state index in [1.54, 1.807) is 19.1 Å². The monoisotopic (exact) mass is 390 g/mol. The van der Waals surface area contributed by atoms with Crippen molar-refractivity contribution >= 4 is 5.91 Å². The van der Waals surface area contributed by atoms with Crippen molar-refractivity contribution in [1.29, 1.82) is 5.26 Å². The Balaban J connectivity index is 2.77. The molecule has 1 rings (SSSR count). The number of nitriles is 1. The number of carbonyl (C=O) groups excluding carboxylic acids is 1. The molecule has 3 nitrogen and oxygen atoms in total. The topological polar surface area (TPSA) is 52.9 Å². The standard InChI is InChI=1S/C22H25F3N2O/c1-3-19(23)9-6-16(2)13-18(17-7-10-20(24)11-8-17)14-22(28)27-15-21(25)5-4-12-26/h3,6-11,18,21H,2,4-5,13-15H2,1H3,(H,27,28)/b9-6-,19-3+. The van der Waals surface area contributed by atoms with Crippen molar-refractivity contribution in [3.8, 4) is 6.07 Å². The van der Waals surface area contributed by atoms with Crippen molar-refractivity contribution in [1.82, 2.24) is 5.32 Å². The lowest BCUT2D eigenvalue weighted by Gasteiger charge is -2.18. The third-order valence-corrected chi connectivity index (χ3v) is 4.13. The van der Waals surface area contributed by atoms with E-state index in [9.17, 15) is 18.0 Å². The van der Waals surface area contributed by atoms with Crippen LogP contribution in [-0.4, -0.2) is 18.6 Å². The van der Waals surface area contributed by atoms with Crippen LogP contribution in [0.2, 0.25) is 0 Å². The Bertz CT molecular complexity index is 748. The molecule has 28 heavy (non-hydrogen) atoms. The molecule has 2 unspecified atom stereocenters. The molecule has 0 aromatic heterocycles. The largest absolute Gasteiger partial charge is 0.353 e. The van der Waals surface area contributed by atoms with Crippen LogP contribution in [0.3, 0.4) is 0 Å². The lowest BCUT2D eigenvalue weighted by atomic mass is 9.89. The molecule has 2 atom stereocenters. The van der Waals surface area contributed by atoms with Gasteiger partial charge in [0.15, 0.2) is 0 Å². The zero-order valence-corrected chi connectivity index (χ0v) is 15.9. The van der Waals surface area contributed by atoms with Crippen LogP contribution in [-0.2, 0) is 4.79 Å². The maximum Gasteiger partial charge on any atom is 0.220 e. The number of halogens is 3. The summed E-state index contributed by atoms with van der Waals surface area (Å²) in [6.45, 7) is 5.29. The third kappa shape index (κ3) is 9.22. The summed E-state index contributed by atoms with van der Waals surface area (Å²) in [7, 11) is 0. The van der Waals surface area contributed by atoms with Gasteiger partial charge < -0.3 is 5.32 Å². The van der Waals surface area contributed by atoms with E-state index in [1.165, 1.54) is 30.4 Å². The van der Waals surface area contributed by atoms with Crippen LogP contribution in [0.15, 0.2) is 60.5 Å². The number of alkyl halides is 1. The number of benzene rings is 1. The van der Waals surface area contributed by atoms with Crippen molar-refractivity contribution in [3.63, 3.8) is 0 Å². The van der Waals surface area contributed by atoms with E-state index in [0.29, 0.717) is 12.0 Å². The molecule has 1 aromatic carbocycles. The molecule has 0 heterocycles. The third-order valence-electron chi connectivity index (χ3n) is 4.13. The molecule has 1 N–H and O–H groups in total. The van der Waals surface area contributed by atoms with Crippen LogP contribution in [0.25, 0.3) is 0 Å². The number of nitrogens with one attached hydrogen (secondary N) is 1. The van der Waals surface area contributed by atoms with E-state index in [0.717, 1.165) is 5.56 Å². The van der Waals surface area contributed by atoms with Gasteiger partial charge in [0.05, 0.1) is 6.07 Å². The van der Waals surface area contributed by atoms with Crippen molar-refractivity contribution in [2.75, 3.05) is 6.54 Å². The molecule has 0 aliphatic rings. The number of amides is 1. The fourth-order valence-corrected chi connectivity index (χ4v) is 2.56. The average Bonchev–Trinajstić information content (AvgIpc) is 2.68. The maximum absolute atomic E-state index is 13.6. The first-order valence-electron chi connectivity index (χ1n) is 9.06. The van der Waals surface area contributed by atoms with Gasteiger partial charge in [-0.25, -0.2) is 13.2 Å². The quantitative estimate of drug-likeness (QED) is 0.512. The maximum atomic E-state index is 13.6. The predicted molar refractivity (Wildman–Crippen MR) is 104 cm³/mol. The second-order valence-corrected chi connectivity index (χ2v) is 6.42.